The van der Waals surface area contributed by atoms with Crippen LogP contribution in [-0.4, -0.2) is 26.1 Å². The number of nitrogens with one attached hydrogen (secondary N) is 2. The van der Waals surface area contributed by atoms with Gasteiger partial charge in [0.2, 0.25) is 0 Å². The first-order valence-electron chi connectivity index (χ1n) is 5.50. The highest BCUT2D eigenvalue weighted by Gasteiger charge is 2.09. The van der Waals surface area contributed by atoms with Gasteiger partial charge in [0.15, 0.2) is 6.61 Å². The van der Waals surface area contributed by atoms with Gasteiger partial charge in [-0.3, -0.25) is 4.79 Å². The van der Waals surface area contributed by atoms with E-state index in [0.717, 1.165) is 5.56 Å². The first-order chi connectivity index (χ1) is 8.19. The molecule has 0 aromatic heterocycles. The van der Waals surface area contributed by atoms with Crippen molar-refractivity contribution >= 4 is 17.5 Å². The van der Waals surface area contributed by atoms with Crippen LogP contribution in [0, 0.1) is 0 Å². The zero-order chi connectivity index (χ0) is 12.7. The van der Waals surface area contributed by atoms with E-state index in [-0.39, 0.29) is 12.5 Å². The van der Waals surface area contributed by atoms with Gasteiger partial charge in [0.25, 0.3) is 5.91 Å². The number of amides is 1. The Morgan fingerprint density at radius 1 is 1.47 bits per heavy atom. The predicted molar refractivity (Wildman–Crippen MR) is 68.4 cm³/mol. The molecule has 0 saturated carbocycles. The average molecular weight is 257 g/mol. The van der Waals surface area contributed by atoms with Crippen LogP contribution in [0.15, 0.2) is 18.2 Å². The van der Waals surface area contributed by atoms with Crippen LogP contribution in [0.1, 0.15) is 12.5 Å². The van der Waals surface area contributed by atoms with Crippen molar-refractivity contribution in [2.24, 2.45) is 0 Å². The van der Waals surface area contributed by atoms with Gasteiger partial charge in [-0.05, 0) is 20.0 Å². The highest BCUT2D eigenvalue weighted by molar-refractivity contribution is 6.32. The maximum Gasteiger partial charge on any atom is 0.257 e. The fraction of sp³-hybridized carbons (Fsp3) is 0.417. The second-order valence-corrected chi connectivity index (χ2v) is 3.91. The van der Waals surface area contributed by atoms with Gasteiger partial charge in [0.1, 0.15) is 5.75 Å². The van der Waals surface area contributed by atoms with Crippen LogP contribution in [0.4, 0.5) is 0 Å². The van der Waals surface area contributed by atoms with Crippen molar-refractivity contribution in [3.63, 3.8) is 0 Å². The monoisotopic (exact) mass is 256 g/mol. The van der Waals surface area contributed by atoms with E-state index in [1.54, 1.807) is 6.07 Å². The number of halogens is 1. The van der Waals surface area contributed by atoms with Crippen LogP contribution in [0.25, 0.3) is 0 Å². The standard InChI is InChI=1S/C12H17ClN2O2/c1-3-15-11(16)8-17-12-9(7-14-2)5-4-6-10(12)13/h4-6,14H,3,7-8H2,1-2H3,(H,15,16). The highest BCUT2D eigenvalue weighted by Crippen LogP contribution is 2.28. The van der Waals surface area contributed by atoms with Crippen LogP contribution in [0.5, 0.6) is 5.75 Å². The van der Waals surface area contributed by atoms with Crippen LogP contribution in [-0.2, 0) is 11.3 Å². The number of rotatable bonds is 6. The lowest BCUT2D eigenvalue weighted by Crippen LogP contribution is -2.28. The smallest absolute Gasteiger partial charge is 0.257 e. The Kier molecular flexibility index (Phi) is 5.80. The summed E-state index contributed by atoms with van der Waals surface area (Å²) in [5.74, 6) is 0.414. The summed E-state index contributed by atoms with van der Waals surface area (Å²) in [6.07, 6.45) is 0. The molecule has 4 nitrogen and oxygen atoms in total. The molecular weight excluding hydrogens is 240 g/mol. The second kappa shape index (κ2) is 7.14. The molecule has 0 aliphatic heterocycles. The summed E-state index contributed by atoms with van der Waals surface area (Å²) in [4.78, 5) is 11.3. The first kappa shape index (κ1) is 13.8. The van der Waals surface area contributed by atoms with E-state index in [1.807, 2.05) is 26.1 Å². The zero-order valence-electron chi connectivity index (χ0n) is 10.0. The minimum atomic E-state index is -0.150. The SMILES string of the molecule is CCNC(=O)COc1c(Cl)cccc1CNC. The van der Waals surface area contributed by atoms with Gasteiger partial charge in [0, 0.05) is 18.7 Å². The molecule has 0 spiro atoms. The Labute approximate surface area is 106 Å². The number of likely N-dealkylation sites (N-methyl/N-ethyl adjacent to an activating group) is 1. The second-order valence-electron chi connectivity index (χ2n) is 3.50. The summed E-state index contributed by atoms with van der Waals surface area (Å²) < 4.78 is 5.45. The zero-order valence-corrected chi connectivity index (χ0v) is 10.8. The number of carbonyl (C=O) groups is 1. The van der Waals surface area contributed by atoms with E-state index in [4.69, 9.17) is 16.3 Å². The van der Waals surface area contributed by atoms with E-state index < -0.39 is 0 Å². The highest BCUT2D eigenvalue weighted by atomic mass is 35.5. The largest absolute Gasteiger partial charge is 0.482 e. The third-order valence-corrected chi connectivity index (χ3v) is 2.43. The summed E-state index contributed by atoms with van der Waals surface area (Å²) >= 11 is 6.04. The third-order valence-electron chi connectivity index (χ3n) is 2.14. The lowest BCUT2D eigenvalue weighted by molar-refractivity contribution is -0.122. The molecule has 0 bridgehead atoms. The van der Waals surface area contributed by atoms with Gasteiger partial charge < -0.3 is 15.4 Å². The molecule has 1 amide bonds. The van der Waals surface area contributed by atoms with Crippen LogP contribution in [0.3, 0.4) is 0 Å². The van der Waals surface area contributed by atoms with Crippen molar-refractivity contribution in [3.8, 4) is 5.75 Å². The minimum Gasteiger partial charge on any atom is -0.482 e. The van der Waals surface area contributed by atoms with Crippen molar-refractivity contribution in [1.82, 2.24) is 10.6 Å². The van der Waals surface area contributed by atoms with E-state index in [2.05, 4.69) is 10.6 Å². The molecule has 0 fully saturated rings. The van der Waals surface area contributed by atoms with Crippen molar-refractivity contribution in [2.75, 3.05) is 20.2 Å². The van der Waals surface area contributed by atoms with Crippen molar-refractivity contribution in [3.05, 3.63) is 28.8 Å². The maximum atomic E-state index is 11.3. The van der Waals surface area contributed by atoms with Crippen LogP contribution in [0.2, 0.25) is 5.02 Å². The summed E-state index contributed by atoms with van der Waals surface area (Å²) in [5, 5.41) is 6.21. The molecule has 0 radical (unpaired) electrons. The topological polar surface area (TPSA) is 50.4 Å². The molecule has 1 rings (SSSR count). The lowest BCUT2D eigenvalue weighted by Gasteiger charge is -2.12. The molecular formula is C12H17ClN2O2. The van der Waals surface area contributed by atoms with Gasteiger partial charge in [-0.15, -0.1) is 0 Å². The van der Waals surface area contributed by atoms with Crippen molar-refractivity contribution in [1.29, 1.82) is 0 Å². The van der Waals surface area contributed by atoms with E-state index >= 15 is 0 Å². The average Bonchev–Trinajstić information content (AvgIpc) is 2.29. The Hall–Kier alpha value is -1.26. The molecule has 0 aliphatic rings. The Bertz CT molecular complexity index is 383. The summed E-state index contributed by atoms with van der Waals surface area (Å²) in [6.45, 7) is 3.08. The van der Waals surface area contributed by atoms with E-state index in [9.17, 15) is 4.79 Å². The van der Waals surface area contributed by atoms with Gasteiger partial charge in [-0.2, -0.15) is 0 Å². The molecule has 0 aliphatic carbocycles. The van der Waals surface area contributed by atoms with Gasteiger partial charge in [-0.25, -0.2) is 0 Å². The summed E-state index contributed by atoms with van der Waals surface area (Å²) in [6, 6.07) is 5.51. The molecule has 94 valence electrons. The minimum absolute atomic E-state index is 0.0196. The first-order valence-corrected chi connectivity index (χ1v) is 5.88. The number of hydrogen-bond donors (Lipinski definition) is 2. The number of carbonyl (C=O) groups excluding carboxylic acids is 1. The van der Waals surface area contributed by atoms with Crippen molar-refractivity contribution in [2.45, 2.75) is 13.5 Å². The summed E-state index contributed by atoms with van der Waals surface area (Å²) in [7, 11) is 1.84. The molecule has 0 heterocycles. The number of para-hydroxylation sites is 1. The molecule has 0 saturated heterocycles. The van der Waals surface area contributed by atoms with Gasteiger partial charge >= 0.3 is 0 Å². The van der Waals surface area contributed by atoms with E-state index in [0.29, 0.717) is 23.9 Å². The number of hydrogen-bond acceptors (Lipinski definition) is 3. The van der Waals surface area contributed by atoms with Gasteiger partial charge in [-0.1, -0.05) is 23.7 Å². The lowest BCUT2D eigenvalue weighted by atomic mass is 10.2. The third kappa shape index (κ3) is 4.24. The van der Waals surface area contributed by atoms with Crippen LogP contribution < -0.4 is 15.4 Å². The number of ether oxygens (including phenoxy) is 1. The maximum absolute atomic E-state index is 11.3. The Morgan fingerprint density at radius 2 is 2.24 bits per heavy atom. The normalized spacial score (nSPS) is 10.1. The molecule has 5 heteroatoms. The molecule has 0 unspecified atom stereocenters. The van der Waals surface area contributed by atoms with Gasteiger partial charge in [0.05, 0.1) is 5.02 Å². The van der Waals surface area contributed by atoms with E-state index in [1.165, 1.54) is 0 Å². The molecule has 2 N–H and O–H groups in total. The predicted octanol–water partition coefficient (Wildman–Crippen LogP) is 1.57. The molecule has 17 heavy (non-hydrogen) atoms. The fourth-order valence-electron chi connectivity index (χ4n) is 1.43. The molecule has 1 aromatic carbocycles. The Balaban J connectivity index is 2.71. The molecule has 0 atom stereocenters. The van der Waals surface area contributed by atoms with Crippen LogP contribution >= 0.6 is 11.6 Å². The molecule has 1 aromatic rings. The fourth-order valence-corrected chi connectivity index (χ4v) is 1.68. The Morgan fingerprint density at radius 3 is 2.88 bits per heavy atom. The van der Waals surface area contributed by atoms with Crippen molar-refractivity contribution < 1.29 is 9.53 Å². The number of benzene rings is 1. The quantitative estimate of drug-likeness (QED) is 0.813. The summed E-state index contributed by atoms with van der Waals surface area (Å²) in [5.41, 5.74) is 0.935.